The summed E-state index contributed by atoms with van der Waals surface area (Å²) in [7, 11) is 0. The lowest BCUT2D eigenvalue weighted by atomic mass is 10.3. The number of anilines is 1. The zero-order valence-electron chi connectivity index (χ0n) is 13.4. The van der Waals surface area contributed by atoms with Crippen molar-refractivity contribution in [1.29, 1.82) is 0 Å². The maximum atomic E-state index is 12.8. The van der Waals surface area contributed by atoms with Crippen molar-refractivity contribution in [2.24, 2.45) is 0 Å². The van der Waals surface area contributed by atoms with E-state index in [0.29, 0.717) is 5.69 Å². The van der Waals surface area contributed by atoms with Gasteiger partial charge in [-0.1, -0.05) is 18.2 Å². The molecule has 2 rings (SSSR count). The molecule has 0 aliphatic carbocycles. The van der Waals surface area contributed by atoms with Crippen LogP contribution in [0.4, 0.5) is 10.1 Å². The number of carbonyl (C=O) groups excluding carboxylic acids is 2. The molecule has 0 bridgehead atoms. The van der Waals surface area contributed by atoms with E-state index < -0.39 is 23.2 Å². The predicted molar refractivity (Wildman–Crippen MR) is 92.3 cm³/mol. The fraction of sp³-hybridized carbons (Fsp3) is 0.222. The van der Waals surface area contributed by atoms with E-state index >= 15 is 0 Å². The number of rotatable bonds is 6. The quantitative estimate of drug-likeness (QED) is 0.636. The molecule has 2 aromatic rings. The Bertz CT molecular complexity index is 691. The van der Waals surface area contributed by atoms with Crippen LogP contribution in [0.25, 0.3) is 0 Å². The molecular weight excluding hydrogens is 329 g/mol. The molecule has 0 saturated carbocycles. The molecule has 1 amide bonds. The topological polar surface area (TPSA) is 55.4 Å². The summed E-state index contributed by atoms with van der Waals surface area (Å²) in [5.74, 6) is -1.32. The first kappa shape index (κ1) is 18.0. The molecule has 0 aliphatic rings. The molecule has 0 aromatic heterocycles. The van der Waals surface area contributed by atoms with Crippen LogP contribution in [0.2, 0.25) is 0 Å². The van der Waals surface area contributed by atoms with Crippen molar-refractivity contribution in [1.82, 2.24) is 0 Å². The second-order valence-corrected chi connectivity index (χ2v) is 6.56. The van der Waals surface area contributed by atoms with Gasteiger partial charge in [0, 0.05) is 10.6 Å². The Morgan fingerprint density at radius 2 is 1.67 bits per heavy atom. The summed E-state index contributed by atoms with van der Waals surface area (Å²) in [6.45, 7) is 3.22. The number of benzene rings is 2. The molecular formula is C18H18FNO3S. The molecule has 0 saturated heterocycles. The number of thioether (sulfide) groups is 1. The van der Waals surface area contributed by atoms with Gasteiger partial charge in [0.25, 0.3) is 5.91 Å². The molecule has 0 radical (unpaired) electrons. The van der Waals surface area contributed by atoms with Gasteiger partial charge < -0.3 is 10.1 Å². The number of amides is 1. The minimum atomic E-state index is -0.943. The number of hydrogen-bond acceptors (Lipinski definition) is 4. The SMILES string of the molecule is C[C@@H](OC(=O)[C@@H](C)Sc1ccccc1)C(=O)Nc1ccc(F)cc1. The highest BCUT2D eigenvalue weighted by molar-refractivity contribution is 8.00. The summed E-state index contributed by atoms with van der Waals surface area (Å²) < 4.78 is 18.0. The predicted octanol–water partition coefficient (Wildman–Crippen LogP) is 3.88. The van der Waals surface area contributed by atoms with Crippen LogP contribution < -0.4 is 5.32 Å². The zero-order chi connectivity index (χ0) is 17.5. The molecule has 126 valence electrons. The van der Waals surface area contributed by atoms with Gasteiger partial charge in [-0.2, -0.15) is 0 Å². The minimum absolute atomic E-state index is 0.390. The molecule has 0 heterocycles. The first-order valence-corrected chi connectivity index (χ1v) is 8.32. The Kier molecular flexibility index (Phi) is 6.37. The molecule has 0 fully saturated rings. The lowest BCUT2D eigenvalue weighted by molar-refractivity contribution is -0.152. The Labute approximate surface area is 144 Å². The summed E-state index contributed by atoms with van der Waals surface area (Å²) in [4.78, 5) is 25.1. The van der Waals surface area contributed by atoms with Crippen molar-refractivity contribution in [3.8, 4) is 0 Å². The highest BCUT2D eigenvalue weighted by atomic mass is 32.2. The van der Waals surface area contributed by atoms with Gasteiger partial charge in [-0.3, -0.25) is 9.59 Å². The monoisotopic (exact) mass is 347 g/mol. The number of ether oxygens (including phenoxy) is 1. The van der Waals surface area contributed by atoms with Crippen LogP contribution in [0.3, 0.4) is 0 Å². The van der Waals surface area contributed by atoms with Gasteiger partial charge in [-0.15, -0.1) is 11.8 Å². The Morgan fingerprint density at radius 3 is 2.29 bits per heavy atom. The average molecular weight is 347 g/mol. The Morgan fingerprint density at radius 1 is 1.04 bits per heavy atom. The summed E-state index contributed by atoms with van der Waals surface area (Å²) in [5, 5.41) is 2.14. The summed E-state index contributed by atoms with van der Waals surface area (Å²) in [6, 6.07) is 14.8. The summed E-state index contributed by atoms with van der Waals surface area (Å²) in [5.41, 5.74) is 0.441. The Hall–Kier alpha value is -2.34. The fourth-order valence-electron chi connectivity index (χ4n) is 1.85. The van der Waals surface area contributed by atoms with Crippen molar-refractivity contribution in [2.45, 2.75) is 30.1 Å². The van der Waals surface area contributed by atoms with Crippen LogP contribution in [0.5, 0.6) is 0 Å². The van der Waals surface area contributed by atoms with Gasteiger partial charge >= 0.3 is 5.97 Å². The van der Waals surface area contributed by atoms with E-state index in [2.05, 4.69) is 5.32 Å². The van der Waals surface area contributed by atoms with Crippen LogP contribution >= 0.6 is 11.8 Å². The highest BCUT2D eigenvalue weighted by Crippen LogP contribution is 2.23. The first-order chi connectivity index (χ1) is 11.5. The maximum Gasteiger partial charge on any atom is 0.319 e. The van der Waals surface area contributed by atoms with Gasteiger partial charge in [-0.05, 0) is 50.2 Å². The molecule has 0 aliphatic heterocycles. The third-order valence-corrected chi connectivity index (χ3v) is 4.25. The second-order valence-electron chi connectivity index (χ2n) is 5.15. The zero-order valence-corrected chi connectivity index (χ0v) is 14.2. The maximum absolute atomic E-state index is 12.8. The molecule has 0 spiro atoms. The minimum Gasteiger partial charge on any atom is -0.452 e. The number of halogens is 1. The lowest BCUT2D eigenvalue weighted by Crippen LogP contribution is -2.32. The van der Waals surface area contributed by atoms with Crippen molar-refractivity contribution in [3.63, 3.8) is 0 Å². The lowest BCUT2D eigenvalue weighted by Gasteiger charge is -2.16. The highest BCUT2D eigenvalue weighted by Gasteiger charge is 2.22. The van der Waals surface area contributed by atoms with E-state index in [4.69, 9.17) is 4.74 Å². The van der Waals surface area contributed by atoms with Crippen molar-refractivity contribution in [2.75, 3.05) is 5.32 Å². The van der Waals surface area contributed by atoms with E-state index in [0.717, 1.165) is 4.90 Å². The summed E-state index contributed by atoms with van der Waals surface area (Å²) in [6.07, 6.45) is -0.943. The smallest absolute Gasteiger partial charge is 0.319 e. The normalized spacial score (nSPS) is 13.0. The summed E-state index contributed by atoms with van der Waals surface area (Å²) >= 11 is 1.36. The van der Waals surface area contributed by atoms with Crippen molar-refractivity contribution >= 4 is 29.3 Å². The average Bonchev–Trinajstić information content (AvgIpc) is 2.57. The third kappa shape index (κ3) is 5.38. The molecule has 1 N–H and O–H groups in total. The molecule has 4 nitrogen and oxygen atoms in total. The van der Waals surface area contributed by atoms with E-state index in [1.807, 2.05) is 30.3 Å². The number of hydrogen-bond donors (Lipinski definition) is 1. The van der Waals surface area contributed by atoms with Gasteiger partial charge in [0.2, 0.25) is 0 Å². The molecule has 24 heavy (non-hydrogen) atoms. The van der Waals surface area contributed by atoms with Crippen LogP contribution in [0.1, 0.15) is 13.8 Å². The largest absolute Gasteiger partial charge is 0.452 e. The number of esters is 1. The van der Waals surface area contributed by atoms with Crippen LogP contribution in [-0.2, 0) is 14.3 Å². The van der Waals surface area contributed by atoms with Gasteiger partial charge in [0.1, 0.15) is 11.1 Å². The van der Waals surface area contributed by atoms with E-state index in [1.165, 1.54) is 43.0 Å². The van der Waals surface area contributed by atoms with E-state index in [1.54, 1.807) is 6.92 Å². The van der Waals surface area contributed by atoms with Crippen LogP contribution in [0, 0.1) is 5.82 Å². The number of carbonyl (C=O) groups is 2. The first-order valence-electron chi connectivity index (χ1n) is 7.44. The van der Waals surface area contributed by atoms with E-state index in [-0.39, 0.29) is 5.82 Å². The second kappa shape index (κ2) is 8.49. The van der Waals surface area contributed by atoms with E-state index in [9.17, 15) is 14.0 Å². The molecule has 6 heteroatoms. The van der Waals surface area contributed by atoms with Crippen LogP contribution in [-0.4, -0.2) is 23.2 Å². The molecule has 2 aromatic carbocycles. The third-order valence-electron chi connectivity index (χ3n) is 3.16. The molecule has 2 atom stereocenters. The molecule has 0 unspecified atom stereocenters. The van der Waals surface area contributed by atoms with Crippen molar-refractivity contribution < 1.29 is 18.7 Å². The van der Waals surface area contributed by atoms with Gasteiger partial charge in [-0.25, -0.2) is 4.39 Å². The fourth-order valence-corrected chi connectivity index (χ4v) is 2.73. The standard InChI is InChI=1S/C18H18FNO3S/c1-12(17(21)20-15-10-8-14(19)9-11-15)23-18(22)13(2)24-16-6-4-3-5-7-16/h3-13H,1-2H3,(H,20,21)/t12-,13-/m1/s1. The van der Waals surface area contributed by atoms with Crippen molar-refractivity contribution in [3.05, 3.63) is 60.4 Å². The van der Waals surface area contributed by atoms with Gasteiger partial charge in [0.05, 0.1) is 0 Å². The number of nitrogens with one attached hydrogen (secondary N) is 1. The van der Waals surface area contributed by atoms with Crippen LogP contribution in [0.15, 0.2) is 59.5 Å². The van der Waals surface area contributed by atoms with Gasteiger partial charge in [0.15, 0.2) is 6.10 Å². The Balaban J connectivity index is 1.85.